The van der Waals surface area contributed by atoms with Gasteiger partial charge in [0.2, 0.25) is 0 Å². The third-order valence-corrected chi connectivity index (χ3v) is 11.5. The molecule has 0 aliphatic rings. The molecule has 0 amide bonds. The molecule has 0 aliphatic carbocycles. The monoisotopic (exact) mass is 793 g/mol. The van der Waals surface area contributed by atoms with Crippen molar-refractivity contribution in [2.45, 2.75) is 13.1 Å². The molecule has 8 aromatic carbocycles. The number of nitriles is 1. The van der Waals surface area contributed by atoms with Crippen LogP contribution in [0.3, 0.4) is 0 Å². The molecule has 0 atom stereocenters. The minimum Gasteiger partial charge on any atom is -0.308 e. The van der Waals surface area contributed by atoms with E-state index in [-0.39, 0.29) is 16.8 Å². The van der Waals surface area contributed by atoms with E-state index in [1.165, 1.54) is 6.07 Å². The largest absolute Gasteiger partial charge is 0.416 e. The molecule has 0 unspecified atom stereocenters. The second-order valence-electron chi connectivity index (χ2n) is 15.0. The first-order chi connectivity index (χ1) is 29.7. The molecule has 0 aliphatic heterocycles. The van der Waals surface area contributed by atoms with E-state index in [0.717, 1.165) is 71.9 Å². The summed E-state index contributed by atoms with van der Waals surface area (Å²) in [4.78, 5) is 7.56. The maximum Gasteiger partial charge on any atom is 0.416 e. The fourth-order valence-electron chi connectivity index (χ4n) is 8.83. The highest BCUT2D eigenvalue weighted by molar-refractivity contribution is 6.13. The number of hydrogen-bond acceptors (Lipinski definition) is 1. The van der Waals surface area contributed by atoms with Gasteiger partial charge in [0.15, 0.2) is 11.4 Å². The normalized spacial score (nSPS) is 11.6. The topological polar surface area (TPSA) is 42.4 Å². The predicted molar refractivity (Wildman–Crippen MR) is 238 cm³/mol. The highest BCUT2D eigenvalue weighted by atomic mass is 19.4. The summed E-state index contributed by atoms with van der Waals surface area (Å²) in [7, 11) is 0. The van der Waals surface area contributed by atoms with E-state index < -0.39 is 11.7 Å². The summed E-state index contributed by atoms with van der Waals surface area (Å²) in [6.45, 7) is 17.7. The Balaban J connectivity index is 1.33. The molecule has 0 saturated carbocycles. The Morgan fingerprint density at radius 3 is 1.66 bits per heavy atom. The van der Waals surface area contributed by atoms with Crippen LogP contribution in [0.2, 0.25) is 0 Å². The quantitative estimate of drug-likeness (QED) is 0.160. The number of rotatable bonds is 5. The van der Waals surface area contributed by atoms with E-state index in [9.17, 15) is 18.4 Å². The average Bonchev–Trinajstić information content (AvgIpc) is 3.80. The van der Waals surface area contributed by atoms with Crippen LogP contribution >= 0.6 is 0 Å². The maximum absolute atomic E-state index is 14.9. The number of aromatic nitrogens is 2. The number of halogens is 3. The molecule has 288 valence electrons. The van der Waals surface area contributed by atoms with Crippen LogP contribution in [0.15, 0.2) is 164 Å². The molecule has 0 saturated heterocycles. The summed E-state index contributed by atoms with van der Waals surface area (Å²) < 4.78 is 48.9. The summed E-state index contributed by atoms with van der Waals surface area (Å²) >= 11 is 0. The van der Waals surface area contributed by atoms with Crippen molar-refractivity contribution in [2.75, 3.05) is 0 Å². The smallest absolute Gasteiger partial charge is 0.308 e. The van der Waals surface area contributed by atoms with Gasteiger partial charge in [0.25, 0.3) is 0 Å². The number of para-hydroxylation sites is 2. The number of hydrogen-bond donors (Lipinski definition) is 0. The van der Waals surface area contributed by atoms with Crippen LogP contribution in [0.4, 0.5) is 24.5 Å². The lowest BCUT2D eigenvalue weighted by molar-refractivity contribution is -0.137. The third kappa shape index (κ3) is 5.99. The van der Waals surface area contributed by atoms with Crippen molar-refractivity contribution in [3.8, 4) is 50.8 Å². The van der Waals surface area contributed by atoms with Crippen LogP contribution in [0, 0.1) is 31.4 Å². The minimum absolute atomic E-state index is 0.0389. The van der Waals surface area contributed by atoms with E-state index in [0.29, 0.717) is 28.2 Å². The van der Waals surface area contributed by atoms with Gasteiger partial charge in [-0.3, -0.25) is 0 Å². The maximum atomic E-state index is 14.9. The highest BCUT2D eigenvalue weighted by Gasteiger charge is 2.35. The van der Waals surface area contributed by atoms with Gasteiger partial charge in [0.05, 0.1) is 63.8 Å². The van der Waals surface area contributed by atoms with Crippen molar-refractivity contribution in [1.82, 2.24) is 9.13 Å². The average molecular weight is 794 g/mol. The summed E-state index contributed by atoms with van der Waals surface area (Å²) in [6.07, 6.45) is -4.68. The van der Waals surface area contributed by atoms with E-state index in [2.05, 4.69) is 37.0 Å². The number of fused-ring (bicyclic) bond motifs is 6. The Hall–Kier alpha value is -8.38. The van der Waals surface area contributed by atoms with Crippen molar-refractivity contribution in [1.29, 1.82) is 5.26 Å². The number of benzene rings is 8. The van der Waals surface area contributed by atoms with Gasteiger partial charge in [-0.2, -0.15) is 18.4 Å². The Labute approximate surface area is 348 Å². The van der Waals surface area contributed by atoms with Crippen molar-refractivity contribution >= 4 is 55.0 Å². The molecule has 8 heteroatoms. The van der Waals surface area contributed by atoms with Crippen molar-refractivity contribution in [3.05, 3.63) is 203 Å². The van der Waals surface area contributed by atoms with Crippen LogP contribution in [-0.2, 0) is 6.18 Å². The molecule has 5 nitrogen and oxygen atoms in total. The molecule has 0 N–H and O–H groups in total. The second-order valence-corrected chi connectivity index (χ2v) is 15.0. The number of alkyl halides is 3. The molecule has 2 heterocycles. The summed E-state index contributed by atoms with van der Waals surface area (Å²) in [5.74, 6) is 0. The van der Waals surface area contributed by atoms with Crippen LogP contribution in [0.5, 0.6) is 0 Å². The molecule has 0 spiro atoms. The van der Waals surface area contributed by atoms with E-state index in [1.54, 1.807) is 37.3 Å². The van der Waals surface area contributed by atoms with Gasteiger partial charge >= 0.3 is 6.18 Å². The van der Waals surface area contributed by atoms with E-state index >= 15 is 0 Å². The lowest BCUT2D eigenvalue weighted by atomic mass is 9.92. The van der Waals surface area contributed by atoms with Crippen molar-refractivity contribution < 1.29 is 13.2 Å². The third-order valence-electron chi connectivity index (χ3n) is 11.5. The lowest BCUT2D eigenvalue weighted by Crippen LogP contribution is -2.09. The van der Waals surface area contributed by atoms with Gasteiger partial charge < -0.3 is 9.13 Å². The zero-order valence-electron chi connectivity index (χ0n) is 32.5. The zero-order chi connectivity index (χ0) is 42.0. The Kier molecular flexibility index (Phi) is 8.58. The molecular formula is C53H30F3N5. The first kappa shape index (κ1) is 36.9. The van der Waals surface area contributed by atoms with Crippen LogP contribution in [-0.4, -0.2) is 9.13 Å². The Morgan fingerprint density at radius 2 is 1.07 bits per heavy atom. The molecule has 61 heavy (non-hydrogen) atoms. The number of nitrogens with zero attached hydrogens (tertiary/aromatic N) is 5. The number of aryl methyl sites for hydroxylation is 1. The predicted octanol–water partition coefficient (Wildman–Crippen LogP) is 15.2. The first-order valence-corrected chi connectivity index (χ1v) is 19.4. The summed E-state index contributed by atoms with van der Waals surface area (Å²) in [6, 6.07) is 52.9. The van der Waals surface area contributed by atoms with Crippen molar-refractivity contribution in [2.24, 2.45) is 0 Å². The molecular weight excluding hydrogens is 764 g/mol. The van der Waals surface area contributed by atoms with Crippen molar-refractivity contribution in [3.63, 3.8) is 0 Å². The summed E-state index contributed by atoms with van der Waals surface area (Å²) in [5.41, 5.74) is 9.02. The lowest BCUT2D eigenvalue weighted by Gasteiger charge is -2.22. The van der Waals surface area contributed by atoms with Crippen LogP contribution in [0.25, 0.3) is 98.1 Å². The Morgan fingerprint density at radius 1 is 0.525 bits per heavy atom. The van der Waals surface area contributed by atoms with Crippen LogP contribution in [0.1, 0.15) is 16.7 Å². The standard InChI is InChI=1S/C53H30F3N5/c1-32-11-8-18-44(53(54,55)56)52(32)43-29-50(60-46-19-6-4-16-39(46)42-28-37(22-24-48(42)60)35-14-10-15-38(26-35)58-2)51(30-45(43)59-3)61-47-20-7-5-17-40(47)41-27-36(21-23-49(41)61)34-13-9-12-33(25-34)31-57/h4-30H,1H3. The summed E-state index contributed by atoms with van der Waals surface area (Å²) in [5, 5.41) is 13.4. The second kappa shape index (κ2) is 14.2. The minimum atomic E-state index is -4.68. The zero-order valence-corrected chi connectivity index (χ0v) is 32.5. The molecule has 10 rings (SSSR count). The van der Waals surface area contributed by atoms with E-state index in [1.807, 2.05) is 109 Å². The molecule has 10 aromatic rings. The van der Waals surface area contributed by atoms with Gasteiger partial charge in [0.1, 0.15) is 0 Å². The fourth-order valence-corrected chi connectivity index (χ4v) is 8.83. The highest BCUT2D eigenvalue weighted by Crippen LogP contribution is 2.47. The molecule has 0 fully saturated rings. The van der Waals surface area contributed by atoms with Gasteiger partial charge in [0, 0.05) is 21.5 Å². The fraction of sp³-hybridized carbons (Fsp3) is 0.0377. The van der Waals surface area contributed by atoms with E-state index in [4.69, 9.17) is 13.1 Å². The van der Waals surface area contributed by atoms with Gasteiger partial charge in [-0.15, -0.1) is 0 Å². The molecule has 0 radical (unpaired) electrons. The molecule has 0 bridgehead atoms. The van der Waals surface area contributed by atoms with Crippen LogP contribution < -0.4 is 0 Å². The van der Waals surface area contributed by atoms with Gasteiger partial charge in [-0.25, -0.2) is 9.69 Å². The van der Waals surface area contributed by atoms with Gasteiger partial charge in [-0.1, -0.05) is 91.0 Å². The molecule has 2 aromatic heterocycles. The Bertz CT molecular complexity index is 3590. The SMILES string of the molecule is [C-]#[N+]c1cccc(-c2ccc3c(c2)c2ccccc2n3-c2cc(-c3c(C)cccc3C(F)(F)F)c([N+]#[C-])cc2-n2c3ccccc3c3cc(-c4cccc(C#N)c4)ccc32)c1. The first-order valence-electron chi connectivity index (χ1n) is 19.4. The van der Waals surface area contributed by atoms with Gasteiger partial charge in [-0.05, 0) is 119 Å².